The maximum Gasteiger partial charge on any atom is 0.00682 e. The minimum Gasteiger partial charge on any atom is -0.314 e. The van der Waals surface area contributed by atoms with Crippen molar-refractivity contribution in [2.45, 2.75) is 96.6 Å². The van der Waals surface area contributed by atoms with Crippen LogP contribution in [-0.2, 0) is 0 Å². The van der Waals surface area contributed by atoms with E-state index in [1.807, 2.05) is 0 Å². The second-order valence-electron chi connectivity index (χ2n) is 6.22. The molecule has 1 saturated carbocycles. The van der Waals surface area contributed by atoms with Gasteiger partial charge in [-0.05, 0) is 51.6 Å². The van der Waals surface area contributed by atoms with Crippen molar-refractivity contribution in [1.29, 1.82) is 0 Å². The van der Waals surface area contributed by atoms with Gasteiger partial charge in [0.15, 0.2) is 0 Å². The zero-order valence-electron chi connectivity index (χ0n) is 13.3. The lowest BCUT2D eigenvalue weighted by atomic mass is 9.91. The lowest BCUT2D eigenvalue weighted by molar-refractivity contribution is 0.305. The molecule has 1 fully saturated rings. The van der Waals surface area contributed by atoms with Gasteiger partial charge in [0.25, 0.3) is 0 Å². The second kappa shape index (κ2) is 11.7. The summed E-state index contributed by atoms with van der Waals surface area (Å²) in [7, 11) is 0. The first kappa shape index (κ1) is 17.0. The summed E-state index contributed by atoms with van der Waals surface area (Å²) in [6.07, 6.45) is 15.1. The summed E-state index contributed by atoms with van der Waals surface area (Å²) in [6, 6.07) is 1.60. The van der Waals surface area contributed by atoms with Gasteiger partial charge in [-0.2, -0.15) is 0 Å². The summed E-state index contributed by atoms with van der Waals surface area (Å²) in [5.41, 5.74) is 0. The lowest BCUT2D eigenvalue weighted by Crippen LogP contribution is -2.40. The first-order valence-electron chi connectivity index (χ1n) is 8.83. The smallest absolute Gasteiger partial charge is 0.00682 e. The predicted octanol–water partition coefficient (Wildman–Crippen LogP) is 4.25. The Kier molecular flexibility index (Phi) is 10.5. The molecule has 0 unspecified atom stereocenters. The second-order valence-corrected chi connectivity index (χ2v) is 6.22. The van der Waals surface area contributed by atoms with Crippen LogP contribution in [0.25, 0.3) is 0 Å². The van der Waals surface area contributed by atoms with Crippen LogP contribution in [0.1, 0.15) is 84.5 Å². The van der Waals surface area contributed by atoms with Gasteiger partial charge >= 0.3 is 0 Å². The fourth-order valence-electron chi connectivity index (χ4n) is 3.04. The van der Waals surface area contributed by atoms with Gasteiger partial charge in [-0.15, -0.1) is 0 Å². The molecule has 0 heterocycles. The van der Waals surface area contributed by atoms with E-state index >= 15 is 0 Å². The van der Waals surface area contributed by atoms with Crippen LogP contribution in [0.15, 0.2) is 0 Å². The fraction of sp³-hybridized carbons (Fsp3) is 1.00. The minimum atomic E-state index is 0.801. The standard InChI is InChI=1S/C17H36N2/c1-3-5-7-9-15-19-17-12-10-16(11-13-17)18-14-8-6-4-2/h16-19H,3-15H2,1-2H3. The SMILES string of the molecule is CCCCCCNC1CCC(NCCCCC)CC1. The van der Waals surface area contributed by atoms with Crippen molar-refractivity contribution in [3.8, 4) is 0 Å². The van der Waals surface area contributed by atoms with Gasteiger partial charge in [0.1, 0.15) is 0 Å². The van der Waals surface area contributed by atoms with Crippen molar-refractivity contribution < 1.29 is 0 Å². The molecule has 1 aliphatic carbocycles. The van der Waals surface area contributed by atoms with E-state index in [0.29, 0.717) is 0 Å². The Morgan fingerprint density at radius 3 is 1.53 bits per heavy atom. The average Bonchev–Trinajstić information content (AvgIpc) is 2.45. The lowest BCUT2D eigenvalue weighted by Gasteiger charge is -2.30. The molecule has 0 aromatic heterocycles. The summed E-state index contributed by atoms with van der Waals surface area (Å²) in [5.74, 6) is 0. The Balaban J connectivity index is 1.93. The quantitative estimate of drug-likeness (QED) is 0.547. The Hall–Kier alpha value is -0.0800. The normalized spacial score (nSPS) is 23.7. The molecule has 1 aliphatic rings. The van der Waals surface area contributed by atoms with Gasteiger partial charge in [-0.1, -0.05) is 46.0 Å². The van der Waals surface area contributed by atoms with Crippen molar-refractivity contribution in [2.75, 3.05) is 13.1 Å². The zero-order chi connectivity index (χ0) is 13.8. The topological polar surface area (TPSA) is 24.1 Å². The largest absolute Gasteiger partial charge is 0.314 e. The molecule has 0 aromatic carbocycles. The molecule has 0 aromatic rings. The summed E-state index contributed by atoms with van der Waals surface area (Å²) >= 11 is 0. The first-order valence-corrected chi connectivity index (χ1v) is 8.83. The van der Waals surface area contributed by atoms with E-state index in [1.54, 1.807) is 0 Å². The van der Waals surface area contributed by atoms with Crippen LogP contribution < -0.4 is 10.6 Å². The third-order valence-electron chi connectivity index (χ3n) is 4.40. The van der Waals surface area contributed by atoms with Crippen molar-refractivity contribution in [3.63, 3.8) is 0 Å². The number of unbranched alkanes of at least 4 members (excludes halogenated alkanes) is 5. The van der Waals surface area contributed by atoms with E-state index in [9.17, 15) is 0 Å². The van der Waals surface area contributed by atoms with Crippen LogP contribution in [0.3, 0.4) is 0 Å². The van der Waals surface area contributed by atoms with E-state index in [1.165, 1.54) is 83.7 Å². The van der Waals surface area contributed by atoms with Crippen LogP contribution in [-0.4, -0.2) is 25.2 Å². The highest BCUT2D eigenvalue weighted by Gasteiger charge is 2.19. The Labute approximate surface area is 121 Å². The maximum atomic E-state index is 3.75. The molecule has 2 heteroatoms. The van der Waals surface area contributed by atoms with Crippen LogP contribution in [0.2, 0.25) is 0 Å². The van der Waals surface area contributed by atoms with E-state index in [0.717, 1.165) is 12.1 Å². The maximum absolute atomic E-state index is 3.75. The van der Waals surface area contributed by atoms with Gasteiger partial charge in [0.2, 0.25) is 0 Å². The number of hydrogen-bond acceptors (Lipinski definition) is 2. The Bertz CT molecular complexity index is 186. The molecule has 0 amide bonds. The number of rotatable bonds is 11. The Morgan fingerprint density at radius 2 is 1.05 bits per heavy atom. The molecule has 114 valence electrons. The molecule has 0 atom stereocenters. The molecule has 1 rings (SSSR count). The van der Waals surface area contributed by atoms with Crippen LogP contribution in [0.5, 0.6) is 0 Å². The fourth-order valence-corrected chi connectivity index (χ4v) is 3.04. The molecular weight excluding hydrogens is 232 g/mol. The highest BCUT2D eigenvalue weighted by Crippen LogP contribution is 2.18. The predicted molar refractivity (Wildman–Crippen MR) is 85.7 cm³/mol. The summed E-state index contributed by atoms with van der Waals surface area (Å²) in [6.45, 7) is 7.02. The van der Waals surface area contributed by atoms with E-state index < -0.39 is 0 Å². The Morgan fingerprint density at radius 1 is 0.632 bits per heavy atom. The van der Waals surface area contributed by atoms with Gasteiger partial charge in [0.05, 0.1) is 0 Å². The van der Waals surface area contributed by atoms with Crippen molar-refractivity contribution in [3.05, 3.63) is 0 Å². The van der Waals surface area contributed by atoms with Crippen LogP contribution in [0, 0.1) is 0 Å². The molecule has 0 saturated heterocycles. The van der Waals surface area contributed by atoms with E-state index in [2.05, 4.69) is 24.5 Å². The highest BCUT2D eigenvalue weighted by molar-refractivity contribution is 4.80. The zero-order valence-corrected chi connectivity index (χ0v) is 13.3. The highest BCUT2D eigenvalue weighted by atomic mass is 14.9. The molecule has 0 spiro atoms. The van der Waals surface area contributed by atoms with Gasteiger partial charge in [-0.25, -0.2) is 0 Å². The molecule has 0 radical (unpaired) electrons. The van der Waals surface area contributed by atoms with Crippen molar-refractivity contribution >= 4 is 0 Å². The van der Waals surface area contributed by atoms with Gasteiger partial charge < -0.3 is 10.6 Å². The average molecular weight is 268 g/mol. The monoisotopic (exact) mass is 268 g/mol. The number of hydrogen-bond donors (Lipinski definition) is 2. The summed E-state index contributed by atoms with van der Waals surface area (Å²) in [4.78, 5) is 0. The van der Waals surface area contributed by atoms with Gasteiger partial charge in [0, 0.05) is 12.1 Å². The molecule has 2 N–H and O–H groups in total. The van der Waals surface area contributed by atoms with Crippen LogP contribution >= 0.6 is 0 Å². The molecule has 0 aliphatic heterocycles. The molecule has 19 heavy (non-hydrogen) atoms. The first-order chi connectivity index (χ1) is 9.36. The molecule has 2 nitrogen and oxygen atoms in total. The summed E-state index contributed by atoms with van der Waals surface area (Å²) < 4.78 is 0. The van der Waals surface area contributed by atoms with Crippen LogP contribution in [0.4, 0.5) is 0 Å². The summed E-state index contributed by atoms with van der Waals surface area (Å²) in [5, 5.41) is 7.48. The van der Waals surface area contributed by atoms with E-state index in [4.69, 9.17) is 0 Å². The third-order valence-corrected chi connectivity index (χ3v) is 4.40. The minimum absolute atomic E-state index is 0.801. The molecular formula is C17H36N2. The van der Waals surface area contributed by atoms with Crippen molar-refractivity contribution in [2.24, 2.45) is 0 Å². The molecule has 0 bridgehead atoms. The van der Waals surface area contributed by atoms with Gasteiger partial charge in [-0.3, -0.25) is 0 Å². The number of nitrogens with one attached hydrogen (secondary N) is 2. The van der Waals surface area contributed by atoms with E-state index in [-0.39, 0.29) is 0 Å². The van der Waals surface area contributed by atoms with Crippen molar-refractivity contribution in [1.82, 2.24) is 10.6 Å². The third kappa shape index (κ3) is 8.65.